The van der Waals surface area contributed by atoms with E-state index < -0.39 is 39.9 Å². The molecule has 0 aliphatic heterocycles. The van der Waals surface area contributed by atoms with Gasteiger partial charge in [-0.3, -0.25) is 9.59 Å². The SMILES string of the molecule is CCC(C)CCOC(=O)c1cc(O)c2cc(OCC(=O)C3(CC(C)(C)C)CCC4C5CCC6=CC(=O)C=CC6(C)C5(F)C(O)CC43C)oc2c1. The summed E-state index contributed by atoms with van der Waals surface area (Å²) in [5.41, 5.74) is -3.80. The third kappa shape index (κ3) is 5.72. The number of benzene rings is 1. The van der Waals surface area contributed by atoms with Crippen LogP contribution in [0.3, 0.4) is 0 Å². The molecule has 1 heterocycles. The Morgan fingerprint density at radius 3 is 2.58 bits per heavy atom. The van der Waals surface area contributed by atoms with Gasteiger partial charge in [-0.2, -0.15) is 0 Å². The van der Waals surface area contributed by atoms with Crippen molar-refractivity contribution < 1.29 is 42.9 Å². The van der Waals surface area contributed by atoms with Crippen molar-refractivity contribution in [3.05, 3.63) is 47.6 Å². The molecular weight excluding hydrogens is 639 g/mol. The number of phenolic OH excluding ortho intramolecular Hbond substituents is 1. The molecule has 3 saturated carbocycles. The van der Waals surface area contributed by atoms with Crippen LogP contribution in [-0.2, 0) is 14.3 Å². The van der Waals surface area contributed by atoms with E-state index in [1.54, 1.807) is 13.0 Å². The third-order valence-electron chi connectivity index (χ3n) is 13.1. The number of esters is 1. The minimum atomic E-state index is -1.97. The zero-order valence-corrected chi connectivity index (χ0v) is 30.6. The highest BCUT2D eigenvalue weighted by atomic mass is 19.1. The van der Waals surface area contributed by atoms with E-state index in [2.05, 4.69) is 41.5 Å². The molecule has 4 aliphatic carbocycles. The fourth-order valence-electron chi connectivity index (χ4n) is 10.3. The van der Waals surface area contributed by atoms with E-state index in [0.717, 1.165) is 18.4 Å². The first-order chi connectivity index (χ1) is 23.4. The average Bonchev–Trinajstić information content (AvgIpc) is 3.59. The van der Waals surface area contributed by atoms with Gasteiger partial charge in [0.15, 0.2) is 23.8 Å². The minimum absolute atomic E-state index is 0.0288. The smallest absolute Gasteiger partial charge is 0.338 e. The first kappa shape index (κ1) is 36.3. The van der Waals surface area contributed by atoms with E-state index in [-0.39, 0.29) is 65.4 Å². The monoisotopic (exact) mass is 692 g/mol. The molecule has 6 rings (SSSR count). The molecule has 4 aliphatic rings. The molecule has 8 unspecified atom stereocenters. The fraction of sp³-hybridized carbons (Fsp3) is 0.634. The lowest BCUT2D eigenvalue weighted by atomic mass is 9.42. The lowest BCUT2D eigenvalue weighted by Gasteiger charge is -2.63. The van der Waals surface area contributed by atoms with Gasteiger partial charge in [-0.15, -0.1) is 0 Å². The van der Waals surface area contributed by atoms with Crippen molar-refractivity contribution in [2.75, 3.05) is 13.2 Å². The molecule has 50 heavy (non-hydrogen) atoms. The molecule has 2 aromatic rings. The minimum Gasteiger partial charge on any atom is -0.507 e. The second kappa shape index (κ2) is 12.6. The summed E-state index contributed by atoms with van der Waals surface area (Å²) in [6.45, 7) is 14.3. The fourth-order valence-corrected chi connectivity index (χ4v) is 10.3. The Bertz CT molecular complexity index is 1750. The summed E-state index contributed by atoms with van der Waals surface area (Å²) in [4.78, 5) is 39.6. The van der Waals surface area contributed by atoms with Gasteiger partial charge in [0.1, 0.15) is 11.3 Å². The van der Waals surface area contributed by atoms with Gasteiger partial charge >= 0.3 is 5.97 Å². The number of Topliss-reactive ketones (excluding diaryl/α,β-unsaturated/α-hetero) is 1. The van der Waals surface area contributed by atoms with Gasteiger partial charge in [-0.1, -0.05) is 59.6 Å². The zero-order valence-electron chi connectivity index (χ0n) is 30.6. The molecule has 9 heteroatoms. The number of ketones is 2. The number of carbonyl (C=O) groups is 3. The van der Waals surface area contributed by atoms with Crippen molar-refractivity contribution in [1.82, 2.24) is 0 Å². The van der Waals surface area contributed by atoms with Crippen LogP contribution in [0.2, 0.25) is 0 Å². The summed E-state index contributed by atoms with van der Waals surface area (Å²) >= 11 is 0. The molecule has 0 bridgehead atoms. The first-order valence-corrected chi connectivity index (χ1v) is 18.3. The molecule has 272 valence electrons. The lowest BCUT2D eigenvalue weighted by molar-refractivity contribution is -0.208. The predicted molar refractivity (Wildman–Crippen MR) is 188 cm³/mol. The van der Waals surface area contributed by atoms with Crippen LogP contribution >= 0.6 is 0 Å². The van der Waals surface area contributed by atoms with Crippen molar-refractivity contribution in [1.29, 1.82) is 0 Å². The number of ether oxygens (including phenoxy) is 2. The molecule has 1 aromatic carbocycles. The molecular formula is C41H53FO8. The van der Waals surface area contributed by atoms with Gasteiger partial charge in [0, 0.05) is 22.8 Å². The summed E-state index contributed by atoms with van der Waals surface area (Å²) in [5.74, 6) is -1.20. The first-order valence-electron chi connectivity index (χ1n) is 18.3. The van der Waals surface area contributed by atoms with Gasteiger partial charge in [0.2, 0.25) is 0 Å². The Hall–Kier alpha value is -3.46. The number of halogens is 1. The third-order valence-corrected chi connectivity index (χ3v) is 13.1. The molecule has 8 nitrogen and oxygen atoms in total. The van der Waals surface area contributed by atoms with Crippen LogP contribution in [-0.4, -0.2) is 52.7 Å². The number of fused-ring (bicyclic) bond motifs is 6. The van der Waals surface area contributed by atoms with Crippen LogP contribution in [0.25, 0.3) is 11.0 Å². The number of furan rings is 1. The number of phenols is 1. The van der Waals surface area contributed by atoms with Crippen molar-refractivity contribution in [2.45, 2.75) is 112 Å². The topological polar surface area (TPSA) is 123 Å². The number of aliphatic hydroxyl groups is 1. The van der Waals surface area contributed by atoms with Gasteiger partial charge < -0.3 is 24.1 Å². The number of aromatic hydroxyl groups is 1. The van der Waals surface area contributed by atoms with Crippen LogP contribution in [0, 0.1) is 39.4 Å². The van der Waals surface area contributed by atoms with Crippen molar-refractivity contribution in [3.8, 4) is 11.7 Å². The van der Waals surface area contributed by atoms with Crippen LogP contribution in [0.5, 0.6) is 11.7 Å². The standard InChI is InChI=1S/C41H53FO8/c1-8-24(2)13-16-48-36(47)25-17-31(44)28-20-35(50-32(28)18-25)49-22-34(46)40(23-37(3,4)5)15-12-29-30-10-9-26-19-27(43)11-14-38(26,6)41(30,42)33(45)21-39(29,40)7/h11,14,17-20,24,29-30,33,44-45H,8-10,12-13,15-16,21-23H2,1-7H3. The van der Waals surface area contributed by atoms with E-state index in [4.69, 9.17) is 13.9 Å². The number of allylic oxidation sites excluding steroid dienone is 4. The highest BCUT2D eigenvalue weighted by molar-refractivity contribution is 6.01. The Morgan fingerprint density at radius 1 is 1.14 bits per heavy atom. The number of alkyl halides is 1. The molecule has 2 N–H and O–H groups in total. The zero-order chi connectivity index (χ0) is 36.4. The maximum atomic E-state index is 17.7. The number of aliphatic hydroxyl groups excluding tert-OH is 1. The molecule has 1 aromatic heterocycles. The van der Waals surface area contributed by atoms with Crippen molar-refractivity contribution >= 4 is 28.5 Å². The van der Waals surface area contributed by atoms with Crippen molar-refractivity contribution in [2.24, 2.45) is 39.4 Å². The van der Waals surface area contributed by atoms with E-state index in [0.29, 0.717) is 43.4 Å². The molecule has 8 atom stereocenters. The van der Waals surface area contributed by atoms with Crippen LogP contribution in [0.15, 0.2) is 46.4 Å². The summed E-state index contributed by atoms with van der Waals surface area (Å²) in [5, 5.41) is 22.9. The Kier molecular flexibility index (Phi) is 9.19. The second-order valence-corrected chi connectivity index (χ2v) is 17.2. The Balaban J connectivity index is 1.25. The van der Waals surface area contributed by atoms with Gasteiger partial charge in [0.05, 0.1) is 23.7 Å². The lowest BCUT2D eigenvalue weighted by Crippen LogP contribution is -2.68. The van der Waals surface area contributed by atoms with E-state index in [9.17, 15) is 24.6 Å². The van der Waals surface area contributed by atoms with Crippen LogP contribution < -0.4 is 4.74 Å². The summed E-state index contributed by atoms with van der Waals surface area (Å²) < 4.78 is 35.0. The van der Waals surface area contributed by atoms with Crippen LogP contribution in [0.4, 0.5) is 4.39 Å². The highest BCUT2D eigenvalue weighted by Gasteiger charge is 2.74. The number of carbonyl (C=O) groups excluding carboxylic acids is 3. The summed E-state index contributed by atoms with van der Waals surface area (Å²) in [7, 11) is 0. The summed E-state index contributed by atoms with van der Waals surface area (Å²) in [6, 6.07) is 4.33. The Morgan fingerprint density at radius 2 is 1.88 bits per heavy atom. The second-order valence-electron chi connectivity index (χ2n) is 17.2. The normalized spacial score (nSPS) is 34.1. The van der Waals surface area contributed by atoms with E-state index >= 15 is 4.39 Å². The van der Waals surface area contributed by atoms with Gasteiger partial charge in [-0.25, -0.2) is 9.18 Å². The van der Waals surface area contributed by atoms with Crippen LogP contribution in [0.1, 0.15) is 110 Å². The Labute approximate surface area is 294 Å². The largest absolute Gasteiger partial charge is 0.507 e. The number of hydrogen-bond donors (Lipinski definition) is 2. The maximum Gasteiger partial charge on any atom is 0.338 e. The number of hydrogen-bond acceptors (Lipinski definition) is 8. The maximum absolute atomic E-state index is 17.7. The van der Waals surface area contributed by atoms with Crippen molar-refractivity contribution in [3.63, 3.8) is 0 Å². The van der Waals surface area contributed by atoms with Gasteiger partial charge in [0.25, 0.3) is 5.95 Å². The molecule has 0 radical (unpaired) electrons. The molecule has 0 saturated heterocycles. The van der Waals surface area contributed by atoms with E-state index in [1.165, 1.54) is 30.4 Å². The highest BCUT2D eigenvalue weighted by Crippen LogP contribution is 2.73. The number of rotatable bonds is 10. The van der Waals surface area contributed by atoms with Gasteiger partial charge in [-0.05, 0) is 98.8 Å². The molecule has 0 amide bonds. The molecule has 0 spiro atoms. The average molecular weight is 693 g/mol. The summed E-state index contributed by atoms with van der Waals surface area (Å²) in [6.07, 6.45) is 7.93. The molecule has 3 fully saturated rings. The predicted octanol–water partition coefficient (Wildman–Crippen LogP) is 8.47. The quantitative estimate of drug-likeness (QED) is 0.238. The van der Waals surface area contributed by atoms with E-state index in [1.807, 2.05) is 0 Å².